The average Bonchev–Trinajstić information content (AvgIpc) is 2.92. The molecule has 1 fully saturated rings. The van der Waals surface area contributed by atoms with Gasteiger partial charge in [-0.25, -0.2) is 0 Å². The summed E-state index contributed by atoms with van der Waals surface area (Å²) in [6.07, 6.45) is 7.87. The summed E-state index contributed by atoms with van der Waals surface area (Å²) in [6.45, 7) is 3.26. The lowest BCUT2D eigenvalue weighted by molar-refractivity contribution is 0.359. The Morgan fingerprint density at radius 3 is 2.75 bits per heavy atom. The molecule has 1 saturated carbocycles. The first kappa shape index (κ1) is 14.0. The second-order valence-corrected chi connectivity index (χ2v) is 7.11. The molecule has 1 heterocycles. The van der Waals surface area contributed by atoms with E-state index in [1.54, 1.807) is 0 Å². The predicted molar refractivity (Wildman–Crippen MR) is 89.7 cm³/mol. The highest BCUT2D eigenvalue weighted by molar-refractivity contribution is 8.14. The molecular weight excluding hydrogens is 264 g/mol. The van der Waals surface area contributed by atoms with Gasteiger partial charge in [0.25, 0.3) is 0 Å². The normalized spacial score (nSPS) is 20.9. The maximum Gasteiger partial charge on any atom is 0.161 e. The summed E-state index contributed by atoms with van der Waals surface area (Å²) in [7, 11) is 0. The molecule has 0 atom stereocenters. The van der Waals surface area contributed by atoms with Crippen molar-refractivity contribution in [3.8, 4) is 0 Å². The van der Waals surface area contributed by atoms with Crippen molar-refractivity contribution < 1.29 is 0 Å². The van der Waals surface area contributed by atoms with E-state index < -0.39 is 0 Å². The number of hydrogen-bond donors (Lipinski definition) is 1. The Morgan fingerprint density at radius 2 is 2.05 bits per heavy atom. The molecule has 1 N–H and O–H groups in total. The molecule has 0 amide bonds. The molecule has 3 heteroatoms. The number of aliphatic imine (C=N–C) groups is 1. The minimum absolute atomic E-state index is 0.527. The first-order valence-corrected chi connectivity index (χ1v) is 8.82. The van der Waals surface area contributed by atoms with Crippen LogP contribution in [0.4, 0.5) is 5.69 Å². The van der Waals surface area contributed by atoms with Gasteiger partial charge in [-0.15, -0.1) is 0 Å². The number of para-hydroxylation sites is 1. The van der Waals surface area contributed by atoms with E-state index in [0.717, 1.165) is 18.1 Å². The number of benzene rings is 1. The van der Waals surface area contributed by atoms with Gasteiger partial charge in [0.1, 0.15) is 0 Å². The summed E-state index contributed by atoms with van der Waals surface area (Å²) in [5.74, 6) is 1.24. The van der Waals surface area contributed by atoms with Gasteiger partial charge in [0, 0.05) is 18.0 Å². The number of amidine groups is 1. The zero-order chi connectivity index (χ0) is 13.8. The Morgan fingerprint density at radius 1 is 1.25 bits per heavy atom. The molecule has 0 radical (unpaired) electrons. The topological polar surface area (TPSA) is 24.4 Å². The summed E-state index contributed by atoms with van der Waals surface area (Å²) < 4.78 is 0. The maximum absolute atomic E-state index is 4.83. The number of thioether (sulfide) groups is 1. The quantitative estimate of drug-likeness (QED) is 0.870. The van der Waals surface area contributed by atoms with Crippen molar-refractivity contribution >= 4 is 22.6 Å². The van der Waals surface area contributed by atoms with Crippen LogP contribution in [0.5, 0.6) is 0 Å². The third-order valence-electron chi connectivity index (χ3n) is 4.52. The van der Waals surface area contributed by atoms with Gasteiger partial charge in [-0.1, -0.05) is 56.1 Å². The van der Waals surface area contributed by atoms with E-state index in [1.165, 1.54) is 49.1 Å². The molecule has 1 spiro atoms. The molecule has 2 aliphatic rings. The van der Waals surface area contributed by atoms with Crippen LogP contribution in [0, 0.1) is 5.41 Å². The van der Waals surface area contributed by atoms with Gasteiger partial charge in [0.05, 0.1) is 0 Å². The van der Waals surface area contributed by atoms with Gasteiger partial charge in [-0.05, 0) is 36.3 Å². The number of hydrogen-bond acceptors (Lipinski definition) is 3. The lowest BCUT2D eigenvalue weighted by Gasteiger charge is -2.31. The van der Waals surface area contributed by atoms with Crippen molar-refractivity contribution in [1.29, 1.82) is 0 Å². The summed E-state index contributed by atoms with van der Waals surface area (Å²) >= 11 is 1.92. The van der Waals surface area contributed by atoms with Crippen LogP contribution in [0.3, 0.4) is 0 Å². The Balaban J connectivity index is 1.68. The van der Waals surface area contributed by atoms with E-state index in [9.17, 15) is 0 Å². The van der Waals surface area contributed by atoms with Crippen LogP contribution in [-0.4, -0.2) is 17.5 Å². The largest absolute Gasteiger partial charge is 0.335 e. The van der Waals surface area contributed by atoms with Crippen LogP contribution >= 0.6 is 11.8 Å². The minimum Gasteiger partial charge on any atom is -0.335 e. The standard InChI is InChI=1S/C17H24N2S/c1-2-7-14-8-3-4-9-15(14)19-16-18-12-17(13-20-16)10-5-6-11-17/h3-4,8-9H,2,5-7,10-13H2,1H3,(H,18,19). The Labute approximate surface area is 126 Å². The molecule has 1 aromatic rings. The summed E-state index contributed by atoms with van der Waals surface area (Å²) in [5.41, 5.74) is 3.17. The Bertz CT molecular complexity index is 490. The minimum atomic E-state index is 0.527. The molecule has 1 aromatic carbocycles. The second kappa shape index (κ2) is 6.21. The van der Waals surface area contributed by atoms with Gasteiger partial charge in [0.15, 0.2) is 5.17 Å². The zero-order valence-corrected chi connectivity index (χ0v) is 13.1. The van der Waals surface area contributed by atoms with E-state index >= 15 is 0 Å². The van der Waals surface area contributed by atoms with Gasteiger partial charge in [0.2, 0.25) is 0 Å². The highest BCUT2D eigenvalue weighted by atomic mass is 32.2. The van der Waals surface area contributed by atoms with Crippen LogP contribution in [-0.2, 0) is 6.42 Å². The van der Waals surface area contributed by atoms with E-state index in [0.29, 0.717) is 5.41 Å². The number of rotatable bonds is 3. The molecule has 108 valence electrons. The van der Waals surface area contributed by atoms with Crippen molar-refractivity contribution in [2.45, 2.75) is 45.4 Å². The molecule has 20 heavy (non-hydrogen) atoms. The van der Waals surface area contributed by atoms with Crippen molar-refractivity contribution in [1.82, 2.24) is 0 Å². The van der Waals surface area contributed by atoms with E-state index in [4.69, 9.17) is 4.99 Å². The van der Waals surface area contributed by atoms with Gasteiger partial charge >= 0.3 is 0 Å². The van der Waals surface area contributed by atoms with Crippen LogP contribution in [0.15, 0.2) is 29.3 Å². The van der Waals surface area contributed by atoms with Crippen molar-refractivity contribution in [3.05, 3.63) is 29.8 Å². The third-order valence-corrected chi connectivity index (χ3v) is 5.78. The van der Waals surface area contributed by atoms with Crippen molar-refractivity contribution in [3.63, 3.8) is 0 Å². The fraction of sp³-hybridized carbons (Fsp3) is 0.588. The number of nitrogens with zero attached hydrogens (tertiary/aromatic N) is 1. The van der Waals surface area contributed by atoms with Crippen molar-refractivity contribution in [2.75, 3.05) is 17.6 Å². The Hall–Kier alpha value is -0.960. The Kier molecular flexibility index (Phi) is 4.35. The molecule has 0 unspecified atom stereocenters. The first-order chi connectivity index (χ1) is 9.81. The number of anilines is 1. The van der Waals surface area contributed by atoms with E-state index in [2.05, 4.69) is 36.5 Å². The second-order valence-electron chi connectivity index (χ2n) is 6.15. The molecule has 0 aromatic heterocycles. The van der Waals surface area contributed by atoms with E-state index in [1.807, 2.05) is 11.8 Å². The first-order valence-electron chi connectivity index (χ1n) is 7.83. The highest BCUT2D eigenvalue weighted by Gasteiger charge is 2.36. The number of aryl methyl sites for hydroxylation is 1. The lowest BCUT2D eigenvalue weighted by Crippen LogP contribution is -2.30. The lowest BCUT2D eigenvalue weighted by atomic mass is 9.89. The molecule has 0 saturated heterocycles. The van der Waals surface area contributed by atoms with E-state index in [-0.39, 0.29) is 0 Å². The number of nitrogens with one attached hydrogen (secondary N) is 1. The monoisotopic (exact) mass is 288 g/mol. The summed E-state index contributed by atoms with van der Waals surface area (Å²) in [4.78, 5) is 4.83. The molecular formula is C17H24N2S. The zero-order valence-electron chi connectivity index (χ0n) is 12.3. The SMILES string of the molecule is CCCc1ccccc1NC1=NCC2(CCCC2)CS1. The molecule has 1 aliphatic heterocycles. The van der Waals surface area contributed by atoms with Gasteiger partial charge in [-0.3, -0.25) is 4.99 Å². The third kappa shape index (κ3) is 3.03. The fourth-order valence-electron chi connectivity index (χ4n) is 3.30. The van der Waals surface area contributed by atoms with Crippen LogP contribution in [0.2, 0.25) is 0 Å². The van der Waals surface area contributed by atoms with Crippen LogP contribution in [0.1, 0.15) is 44.6 Å². The average molecular weight is 288 g/mol. The summed E-state index contributed by atoms with van der Waals surface area (Å²) in [5, 5.41) is 4.67. The molecule has 1 aliphatic carbocycles. The predicted octanol–water partition coefficient (Wildman–Crippen LogP) is 4.71. The maximum atomic E-state index is 4.83. The van der Waals surface area contributed by atoms with Gasteiger partial charge < -0.3 is 5.32 Å². The van der Waals surface area contributed by atoms with Crippen LogP contribution < -0.4 is 5.32 Å². The molecule has 3 rings (SSSR count). The molecule has 2 nitrogen and oxygen atoms in total. The molecule has 0 bridgehead atoms. The van der Waals surface area contributed by atoms with Crippen molar-refractivity contribution in [2.24, 2.45) is 10.4 Å². The fourth-order valence-corrected chi connectivity index (χ4v) is 4.46. The summed E-state index contributed by atoms with van der Waals surface area (Å²) in [6, 6.07) is 8.62. The smallest absolute Gasteiger partial charge is 0.161 e. The van der Waals surface area contributed by atoms with Gasteiger partial charge in [-0.2, -0.15) is 0 Å². The highest BCUT2D eigenvalue weighted by Crippen LogP contribution is 2.43. The van der Waals surface area contributed by atoms with Crippen LogP contribution in [0.25, 0.3) is 0 Å².